The van der Waals surface area contributed by atoms with Crippen LogP contribution in [0, 0.1) is 11.3 Å². The summed E-state index contributed by atoms with van der Waals surface area (Å²) < 4.78 is 0. The van der Waals surface area contributed by atoms with Crippen molar-refractivity contribution in [3.05, 3.63) is 34.3 Å². The summed E-state index contributed by atoms with van der Waals surface area (Å²) in [5.74, 6) is -0.938. The number of halogens is 1. The Morgan fingerprint density at radius 1 is 1.62 bits per heavy atom. The smallest absolute Gasteiger partial charge is 0.307 e. The van der Waals surface area contributed by atoms with Gasteiger partial charge in [-0.15, -0.1) is 0 Å². The van der Waals surface area contributed by atoms with Crippen molar-refractivity contribution in [2.75, 3.05) is 0 Å². The van der Waals surface area contributed by atoms with Gasteiger partial charge in [0.05, 0.1) is 18.1 Å². The van der Waals surface area contributed by atoms with Crippen LogP contribution in [0.1, 0.15) is 11.1 Å². The van der Waals surface area contributed by atoms with Crippen molar-refractivity contribution >= 4 is 17.6 Å². The number of nitrogens with zero attached hydrogens (tertiary/aromatic N) is 1. The fourth-order valence-corrected chi connectivity index (χ4v) is 1.17. The normalized spacial score (nSPS) is 9.23. The summed E-state index contributed by atoms with van der Waals surface area (Å²) in [5, 5.41) is 17.3. The van der Waals surface area contributed by atoms with Crippen LogP contribution < -0.4 is 0 Å². The van der Waals surface area contributed by atoms with E-state index in [9.17, 15) is 4.79 Å². The number of rotatable bonds is 2. The van der Waals surface area contributed by atoms with E-state index < -0.39 is 5.97 Å². The van der Waals surface area contributed by atoms with Gasteiger partial charge in [-0.3, -0.25) is 4.79 Å². The minimum absolute atomic E-state index is 0.120. The molecule has 4 heteroatoms. The summed E-state index contributed by atoms with van der Waals surface area (Å²) in [4.78, 5) is 10.4. The maximum atomic E-state index is 10.4. The van der Waals surface area contributed by atoms with Crippen molar-refractivity contribution in [1.82, 2.24) is 0 Å². The van der Waals surface area contributed by atoms with Gasteiger partial charge in [-0.2, -0.15) is 5.26 Å². The fourth-order valence-electron chi connectivity index (χ4n) is 0.923. The Bertz CT molecular complexity index is 382. The molecule has 1 aromatic carbocycles. The van der Waals surface area contributed by atoms with E-state index in [4.69, 9.17) is 22.0 Å². The minimum atomic E-state index is -0.938. The molecule has 0 bridgehead atoms. The van der Waals surface area contributed by atoms with Gasteiger partial charge in [0.15, 0.2) is 0 Å². The standard InChI is InChI=1S/C9H6ClNO2/c10-8-3-6(5-11)1-2-7(8)4-9(12)13/h1-3H,4H2,(H,12,13). The molecule has 66 valence electrons. The van der Waals surface area contributed by atoms with E-state index in [1.165, 1.54) is 6.07 Å². The second-order valence-corrected chi connectivity index (χ2v) is 2.90. The average molecular weight is 196 g/mol. The molecule has 0 fully saturated rings. The van der Waals surface area contributed by atoms with Gasteiger partial charge < -0.3 is 5.11 Å². The monoisotopic (exact) mass is 195 g/mol. The molecule has 0 spiro atoms. The van der Waals surface area contributed by atoms with Crippen LogP contribution in [0.15, 0.2) is 18.2 Å². The van der Waals surface area contributed by atoms with Crippen LogP contribution in [0.3, 0.4) is 0 Å². The van der Waals surface area contributed by atoms with Gasteiger partial charge in [-0.25, -0.2) is 0 Å². The van der Waals surface area contributed by atoms with E-state index in [1.807, 2.05) is 6.07 Å². The number of hydrogen-bond donors (Lipinski definition) is 1. The number of carboxylic acids is 1. The third kappa shape index (κ3) is 2.46. The maximum Gasteiger partial charge on any atom is 0.307 e. The lowest BCUT2D eigenvalue weighted by Crippen LogP contribution is -2.00. The molecule has 0 aliphatic rings. The van der Waals surface area contributed by atoms with Crippen LogP contribution >= 0.6 is 11.6 Å². The lowest BCUT2D eigenvalue weighted by atomic mass is 10.1. The van der Waals surface area contributed by atoms with E-state index >= 15 is 0 Å². The Kier molecular flexibility index (Phi) is 2.88. The summed E-state index contributed by atoms with van der Waals surface area (Å²) in [7, 11) is 0. The number of carbonyl (C=O) groups is 1. The maximum absolute atomic E-state index is 10.4. The van der Waals surface area contributed by atoms with Crippen LogP contribution in [0.25, 0.3) is 0 Å². The van der Waals surface area contributed by atoms with Crippen molar-refractivity contribution < 1.29 is 9.90 Å². The molecule has 0 saturated heterocycles. The number of nitriles is 1. The molecule has 0 heterocycles. The van der Waals surface area contributed by atoms with E-state index in [2.05, 4.69) is 0 Å². The molecular weight excluding hydrogens is 190 g/mol. The van der Waals surface area contributed by atoms with Crippen LogP contribution in [-0.2, 0) is 11.2 Å². The Hall–Kier alpha value is -1.53. The minimum Gasteiger partial charge on any atom is -0.481 e. The third-order valence-electron chi connectivity index (χ3n) is 1.52. The second kappa shape index (κ2) is 3.92. The highest BCUT2D eigenvalue weighted by atomic mass is 35.5. The van der Waals surface area contributed by atoms with Crippen LogP contribution in [0.2, 0.25) is 5.02 Å². The molecule has 13 heavy (non-hydrogen) atoms. The summed E-state index contributed by atoms with van der Waals surface area (Å²) in [6.45, 7) is 0. The SMILES string of the molecule is N#Cc1ccc(CC(=O)O)c(Cl)c1. The number of benzene rings is 1. The molecular formula is C9H6ClNO2. The molecule has 0 unspecified atom stereocenters. The molecule has 1 aromatic rings. The highest BCUT2D eigenvalue weighted by Crippen LogP contribution is 2.17. The Morgan fingerprint density at radius 3 is 2.77 bits per heavy atom. The second-order valence-electron chi connectivity index (χ2n) is 2.49. The molecule has 0 aliphatic heterocycles. The number of carboxylic acid groups (broad SMARTS) is 1. The number of hydrogen-bond acceptors (Lipinski definition) is 2. The summed E-state index contributed by atoms with van der Waals surface area (Å²) >= 11 is 5.74. The zero-order valence-electron chi connectivity index (χ0n) is 6.62. The quantitative estimate of drug-likeness (QED) is 0.783. The predicted octanol–water partition coefficient (Wildman–Crippen LogP) is 1.84. The van der Waals surface area contributed by atoms with E-state index in [-0.39, 0.29) is 6.42 Å². The molecule has 0 aromatic heterocycles. The first-order valence-corrected chi connectivity index (χ1v) is 3.91. The van der Waals surface area contributed by atoms with Crippen LogP contribution in [-0.4, -0.2) is 11.1 Å². The molecule has 0 saturated carbocycles. The molecule has 0 radical (unpaired) electrons. The van der Waals surface area contributed by atoms with Crippen molar-refractivity contribution in [3.8, 4) is 6.07 Å². The molecule has 1 N–H and O–H groups in total. The zero-order chi connectivity index (χ0) is 9.84. The Balaban J connectivity index is 3.00. The highest BCUT2D eigenvalue weighted by molar-refractivity contribution is 6.31. The average Bonchev–Trinajstić information content (AvgIpc) is 2.08. The lowest BCUT2D eigenvalue weighted by molar-refractivity contribution is -0.136. The van der Waals surface area contributed by atoms with Crippen molar-refractivity contribution in [3.63, 3.8) is 0 Å². The van der Waals surface area contributed by atoms with Gasteiger partial charge in [0.25, 0.3) is 0 Å². The van der Waals surface area contributed by atoms with Crippen LogP contribution in [0.5, 0.6) is 0 Å². The first-order chi connectivity index (χ1) is 6.13. The van der Waals surface area contributed by atoms with Gasteiger partial charge in [0, 0.05) is 5.02 Å². The molecule has 1 rings (SSSR count). The Labute approximate surface area is 80.2 Å². The first kappa shape index (κ1) is 9.56. The van der Waals surface area contributed by atoms with Crippen LogP contribution in [0.4, 0.5) is 0 Å². The molecule has 0 atom stereocenters. The topological polar surface area (TPSA) is 61.1 Å². The largest absolute Gasteiger partial charge is 0.481 e. The van der Waals surface area contributed by atoms with E-state index in [0.29, 0.717) is 16.1 Å². The third-order valence-corrected chi connectivity index (χ3v) is 1.88. The van der Waals surface area contributed by atoms with Gasteiger partial charge in [0.2, 0.25) is 0 Å². The van der Waals surface area contributed by atoms with Gasteiger partial charge in [-0.1, -0.05) is 17.7 Å². The first-order valence-electron chi connectivity index (χ1n) is 3.54. The summed E-state index contributed by atoms with van der Waals surface area (Å²) in [6, 6.07) is 6.47. The predicted molar refractivity (Wildman–Crippen MR) is 47.5 cm³/mol. The van der Waals surface area contributed by atoms with E-state index in [1.54, 1.807) is 12.1 Å². The zero-order valence-corrected chi connectivity index (χ0v) is 7.38. The number of aliphatic carboxylic acids is 1. The van der Waals surface area contributed by atoms with Crippen molar-refractivity contribution in [2.45, 2.75) is 6.42 Å². The Morgan fingerprint density at radius 2 is 2.31 bits per heavy atom. The molecule has 0 amide bonds. The van der Waals surface area contributed by atoms with E-state index in [0.717, 1.165) is 0 Å². The summed E-state index contributed by atoms with van der Waals surface area (Å²) in [5.41, 5.74) is 0.951. The van der Waals surface area contributed by atoms with Gasteiger partial charge in [0.1, 0.15) is 0 Å². The fraction of sp³-hybridized carbons (Fsp3) is 0.111. The molecule has 3 nitrogen and oxygen atoms in total. The van der Waals surface area contributed by atoms with Gasteiger partial charge >= 0.3 is 5.97 Å². The van der Waals surface area contributed by atoms with Crippen molar-refractivity contribution in [2.24, 2.45) is 0 Å². The van der Waals surface area contributed by atoms with Gasteiger partial charge in [-0.05, 0) is 17.7 Å². The molecule has 0 aliphatic carbocycles. The van der Waals surface area contributed by atoms with Crippen molar-refractivity contribution in [1.29, 1.82) is 5.26 Å². The summed E-state index contributed by atoms with van der Waals surface area (Å²) in [6.07, 6.45) is -0.120. The lowest BCUT2D eigenvalue weighted by Gasteiger charge is -2.00. The highest BCUT2D eigenvalue weighted by Gasteiger charge is 2.05.